The van der Waals surface area contributed by atoms with Crippen molar-refractivity contribution in [2.24, 2.45) is 5.92 Å². The zero-order chi connectivity index (χ0) is 20.8. The second-order valence-corrected chi connectivity index (χ2v) is 5.77. The van der Waals surface area contributed by atoms with Crippen LogP contribution in [0.25, 0.3) is 0 Å². The fourth-order valence-corrected chi connectivity index (χ4v) is 2.26. The number of esters is 2. The third kappa shape index (κ3) is 6.24. The van der Waals surface area contributed by atoms with Gasteiger partial charge in [-0.2, -0.15) is 13.2 Å². The van der Waals surface area contributed by atoms with Crippen molar-refractivity contribution in [3.05, 3.63) is 35.4 Å². The van der Waals surface area contributed by atoms with Crippen LogP contribution in [-0.2, 0) is 30.0 Å². The minimum absolute atomic E-state index is 0.0925. The molecule has 0 saturated heterocycles. The molecule has 0 aromatic heterocycles. The van der Waals surface area contributed by atoms with Crippen LogP contribution >= 0.6 is 0 Å². The highest BCUT2D eigenvalue weighted by Crippen LogP contribution is 2.30. The van der Waals surface area contributed by atoms with E-state index >= 15 is 0 Å². The van der Waals surface area contributed by atoms with Gasteiger partial charge in [-0.3, -0.25) is 9.59 Å². The fraction of sp³-hybridized carbons (Fsp3) is 0.471. The van der Waals surface area contributed by atoms with Crippen LogP contribution in [0, 0.1) is 5.92 Å². The van der Waals surface area contributed by atoms with Gasteiger partial charge in [0, 0.05) is 0 Å². The lowest BCUT2D eigenvalue weighted by Crippen LogP contribution is -2.45. The monoisotopic (exact) mass is 391 g/mol. The average Bonchev–Trinajstić information content (AvgIpc) is 2.64. The summed E-state index contributed by atoms with van der Waals surface area (Å²) >= 11 is 0. The van der Waals surface area contributed by atoms with Gasteiger partial charge >= 0.3 is 18.1 Å². The Morgan fingerprint density at radius 1 is 1.07 bits per heavy atom. The van der Waals surface area contributed by atoms with Crippen LogP contribution in [-0.4, -0.2) is 43.2 Å². The van der Waals surface area contributed by atoms with Gasteiger partial charge in [-0.25, -0.2) is 4.79 Å². The third-order valence-electron chi connectivity index (χ3n) is 3.80. The normalized spacial score (nSPS) is 14.6. The van der Waals surface area contributed by atoms with E-state index in [1.165, 1.54) is 14.0 Å². The summed E-state index contributed by atoms with van der Waals surface area (Å²) in [4.78, 5) is 35.5. The van der Waals surface area contributed by atoms with Gasteiger partial charge in [0.2, 0.25) is 0 Å². The molecular formula is C17H20F3NO6. The van der Waals surface area contributed by atoms with E-state index in [-0.39, 0.29) is 12.0 Å². The molecule has 10 heteroatoms. The number of rotatable bonds is 7. The van der Waals surface area contributed by atoms with Crippen molar-refractivity contribution in [1.82, 2.24) is 5.32 Å². The van der Waals surface area contributed by atoms with Crippen molar-refractivity contribution < 1.29 is 42.1 Å². The summed E-state index contributed by atoms with van der Waals surface area (Å²) < 4.78 is 46.8. The SMILES string of the molecule is COC(=O)[C@@H](C)C[C@@H](NC(=O)[C@@H](O)c1ccc(C(F)(F)F)cc1)C(=O)OC. The number of nitrogens with one attached hydrogen (secondary N) is 1. The highest BCUT2D eigenvalue weighted by atomic mass is 19.4. The Hall–Kier alpha value is -2.62. The molecule has 0 fully saturated rings. The van der Waals surface area contributed by atoms with Gasteiger partial charge in [0.05, 0.1) is 25.7 Å². The molecule has 1 aromatic carbocycles. The van der Waals surface area contributed by atoms with E-state index in [0.29, 0.717) is 0 Å². The van der Waals surface area contributed by atoms with E-state index in [4.69, 9.17) is 0 Å². The number of halogens is 3. The summed E-state index contributed by atoms with van der Waals surface area (Å²) in [6.45, 7) is 1.47. The lowest BCUT2D eigenvalue weighted by atomic mass is 10.0. The molecular weight excluding hydrogens is 371 g/mol. The van der Waals surface area contributed by atoms with Gasteiger partial charge in [-0.05, 0) is 24.1 Å². The molecule has 1 rings (SSSR count). The summed E-state index contributed by atoms with van der Waals surface area (Å²) in [5.41, 5.74) is -1.02. The van der Waals surface area contributed by atoms with Crippen LogP contribution in [0.4, 0.5) is 13.2 Å². The minimum Gasteiger partial charge on any atom is -0.469 e. The molecule has 27 heavy (non-hydrogen) atoms. The van der Waals surface area contributed by atoms with E-state index in [9.17, 15) is 32.7 Å². The molecule has 0 radical (unpaired) electrons. The molecule has 0 bridgehead atoms. The maximum Gasteiger partial charge on any atom is 0.416 e. The lowest BCUT2D eigenvalue weighted by Gasteiger charge is -2.21. The Kier molecular flexibility index (Phi) is 7.77. The maximum absolute atomic E-state index is 12.6. The quantitative estimate of drug-likeness (QED) is 0.685. The van der Waals surface area contributed by atoms with Gasteiger partial charge in [0.15, 0.2) is 6.10 Å². The third-order valence-corrected chi connectivity index (χ3v) is 3.80. The molecule has 0 aliphatic heterocycles. The van der Waals surface area contributed by atoms with E-state index in [0.717, 1.165) is 31.4 Å². The highest BCUT2D eigenvalue weighted by molar-refractivity contribution is 5.88. The summed E-state index contributed by atoms with van der Waals surface area (Å²) in [6.07, 6.45) is -6.51. The second kappa shape index (κ2) is 9.36. The molecule has 1 aromatic rings. The smallest absolute Gasteiger partial charge is 0.416 e. The molecule has 2 N–H and O–H groups in total. The highest BCUT2D eigenvalue weighted by Gasteiger charge is 2.32. The van der Waals surface area contributed by atoms with Crippen LogP contribution < -0.4 is 5.32 Å². The average molecular weight is 391 g/mol. The number of alkyl halides is 3. The van der Waals surface area contributed by atoms with Crippen LogP contribution in [0.15, 0.2) is 24.3 Å². The number of methoxy groups -OCH3 is 2. The Morgan fingerprint density at radius 3 is 2.04 bits per heavy atom. The number of hydrogen-bond donors (Lipinski definition) is 2. The van der Waals surface area contributed by atoms with Crippen molar-refractivity contribution in [3.8, 4) is 0 Å². The van der Waals surface area contributed by atoms with E-state index in [2.05, 4.69) is 14.8 Å². The first-order chi connectivity index (χ1) is 12.5. The zero-order valence-corrected chi connectivity index (χ0v) is 14.9. The van der Waals surface area contributed by atoms with Crippen molar-refractivity contribution in [2.45, 2.75) is 31.7 Å². The number of carbonyl (C=O) groups excluding carboxylic acids is 3. The molecule has 150 valence electrons. The van der Waals surface area contributed by atoms with Crippen LogP contribution in [0.3, 0.4) is 0 Å². The molecule has 0 saturated carbocycles. The van der Waals surface area contributed by atoms with Gasteiger partial charge in [0.25, 0.3) is 5.91 Å². The number of hydrogen-bond acceptors (Lipinski definition) is 6. The number of carbonyl (C=O) groups is 3. The topological polar surface area (TPSA) is 102 Å². The number of aliphatic hydroxyl groups is 1. The zero-order valence-electron chi connectivity index (χ0n) is 14.9. The van der Waals surface area contributed by atoms with Gasteiger partial charge in [0.1, 0.15) is 6.04 Å². The maximum atomic E-state index is 12.6. The Balaban J connectivity index is 2.87. The standard InChI is InChI=1S/C17H20F3NO6/c1-9(15(24)26-2)8-12(16(25)27-3)21-14(23)13(22)10-4-6-11(7-5-10)17(18,19)20/h4-7,9,12-13,22H,8H2,1-3H3,(H,21,23)/t9-,12+,13-/m0/s1. The predicted octanol–water partition coefficient (Wildman–Crippen LogP) is 1.60. The van der Waals surface area contributed by atoms with Crippen molar-refractivity contribution in [3.63, 3.8) is 0 Å². The Bertz CT molecular complexity index is 674. The predicted molar refractivity (Wildman–Crippen MR) is 86.1 cm³/mol. The summed E-state index contributed by atoms with van der Waals surface area (Å²) in [5, 5.41) is 12.3. The summed E-state index contributed by atoms with van der Waals surface area (Å²) in [6, 6.07) is 2.11. The Morgan fingerprint density at radius 2 is 1.59 bits per heavy atom. The van der Waals surface area contributed by atoms with Crippen LogP contribution in [0.1, 0.15) is 30.6 Å². The number of aliphatic hydroxyl groups excluding tert-OH is 1. The molecule has 0 aliphatic rings. The first kappa shape index (κ1) is 22.4. The Labute approximate surface area is 153 Å². The largest absolute Gasteiger partial charge is 0.469 e. The fourth-order valence-electron chi connectivity index (χ4n) is 2.26. The molecule has 3 atom stereocenters. The lowest BCUT2D eigenvalue weighted by molar-refractivity contribution is -0.149. The molecule has 0 unspecified atom stereocenters. The molecule has 0 aliphatic carbocycles. The van der Waals surface area contributed by atoms with Gasteiger partial charge in [-0.1, -0.05) is 19.1 Å². The van der Waals surface area contributed by atoms with Crippen LogP contribution in [0.5, 0.6) is 0 Å². The first-order valence-corrected chi connectivity index (χ1v) is 7.82. The van der Waals surface area contributed by atoms with E-state index in [1.807, 2.05) is 0 Å². The first-order valence-electron chi connectivity index (χ1n) is 7.82. The van der Waals surface area contributed by atoms with Crippen molar-refractivity contribution in [1.29, 1.82) is 0 Å². The van der Waals surface area contributed by atoms with E-state index < -0.39 is 47.6 Å². The molecule has 0 spiro atoms. The van der Waals surface area contributed by atoms with Crippen LogP contribution in [0.2, 0.25) is 0 Å². The van der Waals surface area contributed by atoms with E-state index in [1.54, 1.807) is 0 Å². The molecule has 7 nitrogen and oxygen atoms in total. The summed E-state index contributed by atoms with van der Waals surface area (Å²) in [7, 11) is 2.25. The molecule has 1 amide bonds. The van der Waals surface area contributed by atoms with Crippen molar-refractivity contribution >= 4 is 17.8 Å². The minimum atomic E-state index is -4.55. The van der Waals surface area contributed by atoms with Gasteiger partial charge in [-0.15, -0.1) is 0 Å². The second-order valence-electron chi connectivity index (χ2n) is 5.77. The molecule has 0 heterocycles. The van der Waals surface area contributed by atoms with Gasteiger partial charge < -0.3 is 19.9 Å². The number of ether oxygens (including phenoxy) is 2. The number of amides is 1. The summed E-state index contributed by atoms with van der Waals surface area (Å²) in [5.74, 6) is -3.23. The van der Waals surface area contributed by atoms with Crippen molar-refractivity contribution in [2.75, 3.05) is 14.2 Å². The number of benzene rings is 1.